The standard InChI is InChI=1S/C21H22F2O/c1-13-3-6-15(7-4-13)21(24)18-10-9-17(12-20(18)23)16-8-5-14(2)19(22)11-16/h5,8-13,15H,3-4,6-7H2,1-2H3. The Labute approximate surface area is 141 Å². The molecule has 0 N–H and O–H groups in total. The van der Waals surface area contributed by atoms with Crippen molar-refractivity contribution in [2.45, 2.75) is 39.5 Å². The second kappa shape index (κ2) is 6.84. The third-order valence-corrected chi connectivity index (χ3v) is 5.13. The van der Waals surface area contributed by atoms with Crippen LogP contribution in [0.4, 0.5) is 8.78 Å². The summed E-state index contributed by atoms with van der Waals surface area (Å²) in [5, 5.41) is 0. The molecular weight excluding hydrogens is 306 g/mol. The molecule has 0 unspecified atom stereocenters. The summed E-state index contributed by atoms with van der Waals surface area (Å²) in [5.74, 6) is -0.349. The number of Topliss-reactive ketones (excluding diaryl/α,β-unsaturated/α-hetero) is 1. The Morgan fingerprint density at radius 1 is 0.917 bits per heavy atom. The van der Waals surface area contributed by atoms with Crippen LogP contribution < -0.4 is 0 Å². The number of hydrogen-bond acceptors (Lipinski definition) is 1. The maximum absolute atomic E-state index is 14.5. The van der Waals surface area contributed by atoms with Crippen molar-refractivity contribution in [3.8, 4) is 11.1 Å². The van der Waals surface area contributed by atoms with Crippen LogP contribution in [0, 0.1) is 30.4 Å². The molecule has 0 amide bonds. The number of aryl methyl sites for hydroxylation is 1. The lowest BCUT2D eigenvalue weighted by atomic mass is 9.79. The Kier molecular flexibility index (Phi) is 4.79. The zero-order valence-corrected chi connectivity index (χ0v) is 14.1. The van der Waals surface area contributed by atoms with Gasteiger partial charge in [0.2, 0.25) is 0 Å². The van der Waals surface area contributed by atoms with E-state index in [1.807, 2.05) is 0 Å². The third-order valence-electron chi connectivity index (χ3n) is 5.13. The molecule has 1 saturated carbocycles. The van der Waals surface area contributed by atoms with Gasteiger partial charge in [0.05, 0.1) is 5.56 Å². The van der Waals surface area contributed by atoms with E-state index in [4.69, 9.17) is 0 Å². The van der Waals surface area contributed by atoms with Crippen molar-refractivity contribution in [1.29, 1.82) is 0 Å². The van der Waals surface area contributed by atoms with Gasteiger partial charge in [-0.2, -0.15) is 0 Å². The fourth-order valence-corrected chi connectivity index (χ4v) is 3.41. The van der Waals surface area contributed by atoms with Gasteiger partial charge < -0.3 is 0 Å². The van der Waals surface area contributed by atoms with Crippen LogP contribution in [0.5, 0.6) is 0 Å². The summed E-state index contributed by atoms with van der Waals surface area (Å²) in [4.78, 5) is 12.6. The quantitative estimate of drug-likeness (QED) is 0.636. The van der Waals surface area contributed by atoms with Gasteiger partial charge in [-0.05, 0) is 60.6 Å². The van der Waals surface area contributed by atoms with E-state index in [0.29, 0.717) is 22.6 Å². The van der Waals surface area contributed by atoms with E-state index in [1.54, 1.807) is 31.2 Å². The zero-order chi connectivity index (χ0) is 17.3. The van der Waals surface area contributed by atoms with Crippen LogP contribution in [0.15, 0.2) is 36.4 Å². The number of hydrogen-bond donors (Lipinski definition) is 0. The predicted molar refractivity (Wildman–Crippen MR) is 92.0 cm³/mol. The van der Waals surface area contributed by atoms with Gasteiger partial charge in [0.1, 0.15) is 11.6 Å². The van der Waals surface area contributed by atoms with E-state index in [-0.39, 0.29) is 23.1 Å². The van der Waals surface area contributed by atoms with E-state index in [0.717, 1.165) is 25.7 Å². The van der Waals surface area contributed by atoms with E-state index < -0.39 is 5.82 Å². The Morgan fingerprint density at radius 3 is 2.08 bits per heavy atom. The normalized spacial score (nSPS) is 20.8. The van der Waals surface area contributed by atoms with Crippen molar-refractivity contribution in [3.63, 3.8) is 0 Å². The minimum Gasteiger partial charge on any atom is -0.294 e. The van der Waals surface area contributed by atoms with Crippen molar-refractivity contribution in [3.05, 3.63) is 59.2 Å². The van der Waals surface area contributed by atoms with Gasteiger partial charge in [-0.25, -0.2) is 8.78 Å². The highest BCUT2D eigenvalue weighted by atomic mass is 19.1. The highest BCUT2D eigenvalue weighted by molar-refractivity contribution is 5.98. The molecule has 0 bridgehead atoms. The van der Waals surface area contributed by atoms with Crippen LogP contribution in [-0.4, -0.2) is 5.78 Å². The molecule has 2 aromatic carbocycles. The van der Waals surface area contributed by atoms with E-state index in [1.165, 1.54) is 12.1 Å². The molecule has 3 heteroatoms. The van der Waals surface area contributed by atoms with E-state index >= 15 is 0 Å². The first-order valence-corrected chi connectivity index (χ1v) is 8.56. The molecule has 0 atom stereocenters. The molecule has 0 saturated heterocycles. The molecule has 0 radical (unpaired) electrons. The first kappa shape index (κ1) is 16.8. The molecule has 126 valence electrons. The molecule has 1 aliphatic carbocycles. The molecule has 0 aromatic heterocycles. The van der Waals surface area contributed by atoms with Gasteiger partial charge >= 0.3 is 0 Å². The molecule has 2 aromatic rings. The van der Waals surface area contributed by atoms with E-state index in [2.05, 4.69) is 6.92 Å². The fourth-order valence-electron chi connectivity index (χ4n) is 3.41. The molecular formula is C21H22F2O. The lowest BCUT2D eigenvalue weighted by Gasteiger charge is -2.25. The van der Waals surface area contributed by atoms with Crippen molar-refractivity contribution >= 4 is 5.78 Å². The second-order valence-corrected chi connectivity index (χ2v) is 6.98. The lowest BCUT2D eigenvalue weighted by molar-refractivity contribution is 0.0871. The number of carbonyl (C=O) groups is 1. The monoisotopic (exact) mass is 328 g/mol. The summed E-state index contributed by atoms with van der Waals surface area (Å²) < 4.78 is 28.2. The zero-order valence-electron chi connectivity index (χ0n) is 14.1. The average molecular weight is 328 g/mol. The van der Waals surface area contributed by atoms with Crippen LogP contribution >= 0.6 is 0 Å². The third kappa shape index (κ3) is 3.40. The van der Waals surface area contributed by atoms with Crippen LogP contribution in [0.3, 0.4) is 0 Å². The van der Waals surface area contributed by atoms with E-state index in [9.17, 15) is 13.6 Å². The highest BCUT2D eigenvalue weighted by Gasteiger charge is 2.27. The number of carbonyl (C=O) groups excluding carboxylic acids is 1. The molecule has 24 heavy (non-hydrogen) atoms. The predicted octanol–water partition coefficient (Wildman–Crippen LogP) is 5.95. The highest BCUT2D eigenvalue weighted by Crippen LogP contribution is 2.32. The van der Waals surface area contributed by atoms with Crippen LogP contribution in [0.2, 0.25) is 0 Å². The summed E-state index contributed by atoms with van der Waals surface area (Å²) in [6.45, 7) is 3.88. The number of halogens is 2. The first-order valence-electron chi connectivity index (χ1n) is 8.56. The number of rotatable bonds is 3. The molecule has 0 spiro atoms. The van der Waals surface area contributed by atoms with Crippen molar-refractivity contribution in [1.82, 2.24) is 0 Å². The van der Waals surface area contributed by atoms with Gasteiger partial charge in [-0.1, -0.05) is 38.0 Å². The minimum atomic E-state index is -0.517. The molecule has 3 rings (SSSR count). The summed E-state index contributed by atoms with van der Waals surface area (Å²) in [6.07, 6.45) is 3.73. The summed E-state index contributed by atoms with van der Waals surface area (Å²) in [5.41, 5.74) is 1.91. The maximum Gasteiger partial charge on any atom is 0.168 e. The summed E-state index contributed by atoms with van der Waals surface area (Å²) >= 11 is 0. The molecule has 0 aliphatic heterocycles. The van der Waals surface area contributed by atoms with Crippen LogP contribution in [0.1, 0.15) is 48.5 Å². The van der Waals surface area contributed by atoms with Crippen molar-refractivity contribution < 1.29 is 13.6 Å². The Balaban J connectivity index is 1.84. The van der Waals surface area contributed by atoms with Gasteiger partial charge in [0, 0.05) is 5.92 Å². The topological polar surface area (TPSA) is 17.1 Å². The van der Waals surface area contributed by atoms with Gasteiger partial charge in [-0.15, -0.1) is 0 Å². The molecule has 1 fully saturated rings. The van der Waals surface area contributed by atoms with Gasteiger partial charge in [0.15, 0.2) is 5.78 Å². The lowest BCUT2D eigenvalue weighted by Crippen LogP contribution is -2.21. The number of benzene rings is 2. The summed E-state index contributed by atoms with van der Waals surface area (Å²) in [6, 6.07) is 9.41. The summed E-state index contributed by atoms with van der Waals surface area (Å²) in [7, 11) is 0. The molecule has 1 aliphatic rings. The Bertz CT molecular complexity index is 758. The molecule has 0 heterocycles. The van der Waals surface area contributed by atoms with Crippen LogP contribution in [-0.2, 0) is 0 Å². The fraction of sp³-hybridized carbons (Fsp3) is 0.381. The molecule has 1 nitrogen and oxygen atoms in total. The average Bonchev–Trinajstić information content (AvgIpc) is 2.57. The largest absolute Gasteiger partial charge is 0.294 e. The Morgan fingerprint density at radius 2 is 1.50 bits per heavy atom. The number of ketones is 1. The minimum absolute atomic E-state index is 0.0710. The SMILES string of the molecule is Cc1ccc(-c2ccc(C(=O)C3CCC(C)CC3)c(F)c2)cc1F. The van der Waals surface area contributed by atoms with Gasteiger partial charge in [0.25, 0.3) is 0 Å². The Hall–Kier alpha value is -2.03. The maximum atomic E-state index is 14.5. The second-order valence-electron chi connectivity index (χ2n) is 6.98. The van der Waals surface area contributed by atoms with Crippen LogP contribution in [0.25, 0.3) is 11.1 Å². The smallest absolute Gasteiger partial charge is 0.168 e. The van der Waals surface area contributed by atoms with Crippen molar-refractivity contribution in [2.24, 2.45) is 11.8 Å². The first-order chi connectivity index (χ1) is 11.5. The van der Waals surface area contributed by atoms with Crippen molar-refractivity contribution in [2.75, 3.05) is 0 Å². The van der Waals surface area contributed by atoms with Gasteiger partial charge in [-0.3, -0.25) is 4.79 Å².